The van der Waals surface area contributed by atoms with Crippen LogP contribution in [0.5, 0.6) is 5.75 Å². The topological polar surface area (TPSA) is 58.6 Å². The van der Waals surface area contributed by atoms with E-state index in [0.717, 1.165) is 30.2 Å². The smallest absolute Gasteiger partial charge is 0.227 e. The highest BCUT2D eigenvalue weighted by Crippen LogP contribution is 2.28. The molecular weight excluding hydrogens is 316 g/mol. The Bertz CT molecular complexity index is 606. The summed E-state index contributed by atoms with van der Waals surface area (Å²) < 4.78 is 5.43. The van der Waals surface area contributed by atoms with Gasteiger partial charge >= 0.3 is 0 Å². The first-order chi connectivity index (χ1) is 12.1. The molecule has 2 amide bonds. The lowest BCUT2D eigenvalue weighted by Crippen LogP contribution is -2.41. The molecular formula is C20H28N2O3. The van der Waals surface area contributed by atoms with E-state index in [1.165, 1.54) is 12.8 Å². The van der Waals surface area contributed by atoms with E-state index in [4.69, 9.17) is 4.74 Å². The molecule has 1 N–H and O–H groups in total. The van der Waals surface area contributed by atoms with Crippen molar-refractivity contribution in [2.45, 2.75) is 52.0 Å². The normalized spacial score (nSPS) is 26.6. The number of ether oxygens (including phenoxy) is 1. The fourth-order valence-corrected chi connectivity index (χ4v) is 3.75. The summed E-state index contributed by atoms with van der Waals surface area (Å²) in [6, 6.07) is 7.77. The van der Waals surface area contributed by atoms with Crippen molar-refractivity contribution < 1.29 is 14.3 Å². The first kappa shape index (κ1) is 17.8. The van der Waals surface area contributed by atoms with E-state index >= 15 is 0 Å². The minimum atomic E-state index is -0.251. The SMILES string of the molecule is CCOc1ccc(N2C[C@H](C(=O)NC3CCC(C)CC3)CC2=O)cc1. The van der Waals surface area contributed by atoms with Crippen LogP contribution in [0, 0.1) is 11.8 Å². The Kier molecular flexibility index (Phi) is 5.61. The second-order valence-electron chi connectivity index (χ2n) is 7.30. The average molecular weight is 344 g/mol. The van der Waals surface area contributed by atoms with Crippen LogP contribution in [-0.2, 0) is 9.59 Å². The molecule has 0 bridgehead atoms. The van der Waals surface area contributed by atoms with Crippen LogP contribution in [0.25, 0.3) is 0 Å². The minimum Gasteiger partial charge on any atom is -0.494 e. The number of anilines is 1. The van der Waals surface area contributed by atoms with Gasteiger partial charge in [-0.2, -0.15) is 0 Å². The van der Waals surface area contributed by atoms with Crippen molar-refractivity contribution in [3.63, 3.8) is 0 Å². The molecule has 1 atom stereocenters. The van der Waals surface area contributed by atoms with Crippen molar-refractivity contribution >= 4 is 17.5 Å². The molecule has 1 aliphatic carbocycles. The Morgan fingerprint density at radius 1 is 1.20 bits per heavy atom. The number of carbonyl (C=O) groups is 2. The first-order valence-electron chi connectivity index (χ1n) is 9.40. The zero-order valence-corrected chi connectivity index (χ0v) is 15.2. The molecule has 5 nitrogen and oxygen atoms in total. The monoisotopic (exact) mass is 344 g/mol. The zero-order chi connectivity index (χ0) is 17.8. The summed E-state index contributed by atoms with van der Waals surface area (Å²) in [7, 11) is 0. The largest absolute Gasteiger partial charge is 0.494 e. The number of nitrogens with one attached hydrogen (secondary N) is 1. The summed E-state index contributed by atoms with van der Waals surface area (Å²) in [5.41, 5.74) is 0.829. The van der Waals surface area contributed by atoms with Crippen LogP contribution < -0.4 is 15.0 Å². The van der Waals surface area contributed by atoms with Gasteiger partial charge in [0, 0.05) is 24.7 Å². The number of hydrogen-bond donors (Lipinski definition) is 1. The summed E-state index contributed by atoms with van der Waals surface area (Å²) in [4.78, 5) is 26.6. The van der Waals surface area contributed by atoms with Crippen molar-refractivity contribution in [3.05, 3.63) is 24.3 Å². The van der Waals surface area contributed by atoms with E-state index in [0.29, 0.717) is 19.6 Å². The number of nitrogens with zero attached hydrogens (tertiary/aromatic N) is 1. The molecule has 1 saturated carbocycles. The van der Waals surface area contributed by atoms with E-state index in [-0.39, 0.29) is 23.8 Å². The fraction of sp³-hybridized carbons (Fsp3) is 0.600. The standard InChI is InChI=1S/C20H28N2O3/c1-3-25-18-10-8-17(9-11-18)22-13-15(12-19(22)23)20(24)21-16-6-4-14(2)5-7-16/h8-11,14-16H,3-7,12-13H2,1-2H3,(H,21,24)/t14?,15-,16?/m1/s1. The summed E-state index contributed by atoms with van der Waals surface area (Å²) in [6.07, 6.45) is 4.74. The van der Waals surface area contributed by atoms with Crippen LogP contribution in [0.1, 0.15) is 46.0 Å². The van der Waals surface area contributed by atoms with Crippen LogP contribution >= 0.6 is 0 Å². The molecule has 5 heteroatoms. The number of hydrogen-bond acceptors (Lipinski definition) is 3. The van der Waals surface area contributed by atoms with Crippen molar-refractivity contribution in [3.8, 4) is 5.75 Å². The second-order valence-corrected chi connectivity index (χ2v) is 7.30. The summed E-state index contributed by atoms with van der Waals surface area (Å²) >= 11 is 0. The Morgan fingerprint density at radius 2 is 1.88 bits per heavy atom. The summed E-state index contributed by atoms with van der Waals surface area (Å²) in [5.74, 6) is 1.34. The maximum atomic E-state index is 12.5. The van der Waals surface area contributed by atoms with Gasteiger partial charge in [-0.15, -0.1) is 0 Å². The van der Waals surface area contributed by atoms with Crippen molar-refractivity contribution in [1.82, 2.24) is 5.32 Å². The van der Waals surface area contributed by atoms with Gasteiger partial charge in [-0.3, -0.25) is 9.59 Å². The maximum Gasteiger partial charge on any atom is 0.227 e. The zero-order valence-electron chi connectivity index (χ0n) is 15.2. The number of amides is 2. The van der Waals surface area contributed by atoms with Gasteiger partial charge in [-0.25, -0.2) is 0 Å². The van der Waals surface area contributed by atoms with Gasteiger partial charge in [0.2, 0.25) is 11.8 Å². The Balaban J connectivity index is 1.57. The van der Waals surface area contributed by atoms with Gasteiger partial charge < -0.3 is 15.0 Å². The van der Waals surface area contributed by atoms with E-state index in [1.54, 1.807) is 4.90 Å². The molecule has 1 aromatic carbocycles. The highest BCUT2D eigenvalue weighted by atomic mass is 16.5. The second kappa shape index (κ2) is 7.89. The van der Waals surface area contributed by atoms with Crippen LogP contribution in [0.15, 0.2) is 24.3 Å². The molecule has 3 rings (SSSR count). The van der Waals surface area contributed by atoms with Crippen LogP contribution in [0.2, 0.25) is 0 Å². The van der Waals surface area contributed by atoms with E-state index in [1.807, 2.05) is 31.2 Å². The van der Waals surface area contributed by atoms with Gasteiger partial charge in [0.05, 0.1) is 12.5 Å². The molecule has 0 radical (unpaired) electrons. The molecule has 0 spiro atoms. The van der Waals surface area contributed by atoms with Crippen molar-refractivity contribution in [2.75, 3.05) is 18.1 Å². The van der Waals surface area contributed by atoms with Crippen molar-refractivity contribution in [2.24, 2.45) is 11.8 Å². The molecule has 1 heterocycles. The highest BCUT2D eigenvalue weighted by Gasteiger charge is 2.36. The van der Waals surface area contributed by atoms with Gasteiger partial charge in [-0.1, -0.05) is 6.92 Å². The van der Waals surface area contributed by atoms with Gasteiger partial charge in [0.1, 0.15) is 5.75 Å². The number of rotatable bonds is 5. The first-order valence-corrected chi connectivity index (χ1v) is 9.40. The molecule has 0 unspecified atom stereocenters. The maximum absolute atomic E-state index is 12.5. The molecule has 136 valence electrons. The third kappa shape index (κ3) is 4.33. The predicted molar refractivity (Wildman–Crippen MR) is 97.6 cm³/mol. The van der Waals surface area contributed by atoms with E-state index in [2.05, 4.69) is 12.2 Å². The summed E-state index contributed by atoms with van der Waals surface area (Å²) in [6.45, 7) is 5.28. The predicted octanol–water partition coefficient (Wildman–Crippen LogP) is 3.13. The molecule has 1 aromatic rings. The van der Waals surface area contributed by atoms with Crippen LogP contribution in [0.3, 0.4) is 0 Å². The molecule has 2 aliphatic rings. The molecule has 2 fully saturated rings. The van der Waals surface area contributed by atoms with E-state index in [9.17, 15) is 9.59 Å². The Labute approximate surface area is 149 Å². The average Bonchev–Trinajstić information content (AvgIpc) is 3.00. The molecule has 25 heavy (non-hydrogen) atoms. The number of benzene rings is 1. The Hall–Kier alpha value is -2.04. The number of carbonyl (C=O) groups excluding carboxylic acids is 2. The highest BCUT2D eigenvalue weighted by molar-refractivity contribution is 6.00. The summed E-state index contributed by atoms with van der Waals surface area (Å²) in [5, 5.41) is 3.16. The third-order valence-electron chi connectivity index (χ3n) is 5.32. The minimum absolute atomic E-state index is 0.0153. The van der Waals surface area contributed by atoms with Gasteiger partial charge in [-0.05, 0) is 62.8 Å². The van der Waals surface area contributed by atoms with Crippen LogP contribution in [-0.4, -0.2) is 31.0 Å². The fourth-order valence-electron chi connectivity index (χ4n) is 3.75. The van der Waals surface area contributed by atoms with Crippen LogP contribution in [0.4, 0.5) is 5.69 Å². The lowest BCUT2D eigenvalue weighted by molar-refractivity contribution is -0.127. The molecule has 1 aliphatic heterocycles. The van der Waals surface area contributed by atoms with Gasteiger partial charge in [0.25, 0.3) is 0 Å². The molecule has 1 saturated heterocycles. The van der Waals surface area contributed by atoms with Gasteiger partial charge in [0.15, 0.2) is 0 Å². The lowest BCUT2D eigenvalue weighted by atomic mass is 9.87. The van der Waals surface area contributed by atoms with E-state index < -0.39 is 0 Å². The Morgan fingerprint density at radius 3 is 2.52 bits per heavy atom. The van der Waals surface area contributed by atoms with Crippen molar-refractivity contribution in [1.29, 1.82) is 0 Å². The third-order valence-corrected chi connectivity index (χ3v) is 5.32. The quantitative estimate of drug-likeness (QED) is 0.893. The molecule has 0 aromatic heterocycles. The lowest BCUT2D eigenvalue weighted by Gasteiger charge is -2.27.